The van der Waals surface area contributed by atoms with E-state index in [0.29, 0.717) is 5.82 Å². The molecule has 4 rings (SSSR count). The van der Waals surface area contributed by atoms with Crippen LogP contribution in [0.5, 0.6) is 5.75 Å². The van der Waals surface area contributed by atoms with E-state index < -0.39 is 6.10 Å². The highest BCUT2D eigenvalue weighted by atomic mass is 16.5. The van der Waals surface area contributed by atoms with Gasteiger partial charge in [-0.3, -0.25) is 4.90 Å². The second-order valence-corrected chi connectivity index (χ2v) is 7.00. The standard InChI is InChI=1S/C21H25N3O2/c1-26-19-7-6-15-4-2-3-5-17(15)18(19)14-24-12-8-16(9-13-24)20(25)21-22-10-11-23-21/h2-7,10-11,16,20,25H,8-9,12-14H2,1H3,(H,22,23)/t20-/m1/s1. The summed E-state index contributed by atoms with van der Waals surface area (Å²) in [5.41, 5.74) is 1.25. The van der Waals surface area contributed by atoms with Crippen LogP contribution in [0.15, 0.2) is 48.8 Å². The monoisotopic (exact) mass is 351 g/mol. The molecule has 5 nitrogen and oxygen atoms in total. The number of imidazole rings is 1. The third kappa shape index (κ3) is 3.32. The molecule has 0 unspecified atom stereocenters. The number of likely N-dealkylation sites (tertiary alicyclic amines) is 1. The maximum Gasteiger partial charge on any atom is 0.135 e. The molecule has 1 atom stereocenters. The minimum atomic E-state index is -0.501. The lowest BCUT2D eigenvalue weighted by Gasteiger charge is -2.34. The van der Waals surface area contributed by atoms with Crippen LogP contribution in [-0.4, -0.2) is 40.2 Å². The molecule has 2 aromatic carbocycles. The Balaban J connectivity index is 1.47. The highest BCUT2D eigenvalue weighted by molar-refractivity contribution is 5.87. The number of fused-ring (bicyclic) bond motifs is 1. The van der Waals surface area contributed by atoms with Crippen LogP contribution < -0.4 is 4.74 Å². The zero-order valence-electron chi connectivity index (χ0n) is 15.1. The molecule has 2 N–H and O–H groups in total. The predicted octanol–water partition coefficient (Wildman–Crippen LogP) is 3.52. The molecule has 1 aliphatic heterocycles. The van der Waals surface area contributed by atoms with Crippen LogP contribution >= 0.6 is 0 Å². The van der Waals surface area contributed by atoms with Crippen molar-refractivity contribution in [3.8, 4) is 5.75 Å². The van der Waals surface area contributed by atoms with Crippen molar-refractivity contribution in [2.75, 3.05) is 20.2 Å². The van der Waals surface area contributed by atoms with Crippen molar-refractivity contribution in [1.29, 1.82) is 0 Å². The minimum absolute atomic E-state index is 0.256. The van der Waals surface area contributed by atoms with Gasteiger partial charge in [0.05, 0.1) is 7.11 Å². The van der Waals surface area contributed by atoms with E-state index in [0.717, 1.165) is 38.2 Å². The molecule has 0 spiro atoms. The van der Waals surface area contributed by atoms with Gasteiger partial charge in [0.25, 0.3) is 0 Å². The fraction of sp³-hybridized carbons (Fsp3) is 0.381. The summed E-state index contributed by atoms with van der Waals surface area (Å²) >= 11 is 0. The number of benzene rings is 2. The van der Waals surface area contributed by atoms with Gasteiger partial charge in [-0.1, -0.05) is 30.3 Å². The Bertz CT molecular complexity index is 855. The van der Waals surface area contributed by atoms with Gasteiger partial charge in [0.2, 0.25) is 0 Å². The van der Waals surface area contributed by atoms with E-state index in [1.807, 2.05) is 0 Å². The summed E-state index contributed by atoms with van der Waals surface area (Å²) in [5.74, 6) is 1.88. The van der Waals surface area contributed by atoms with Crippen molar-refractivity contribution in [3.63, 3.8) is 0 Å². The lowest BCUT2D eigenvalue weighted by atomic mass is 9.90. The third-order valence-corrected chi connectivity index (χ3v) is 5.48. The number of ether oxygens (including phenoxy) is 1. The first-order chi connectivity index (χ1) is 12.8. The predicted molar refractivity (Wildman–Crippen MR) is 102 cm³/mol. The van der Waals surface area contributed by atoms with Gasteiger partial charge in [-0.05, 0) is 48.7 Å². The maximum atomic E-state index is 10.5. The Morgan fingerprint density at radius 3 is 2.77 bits per heavy atom. The summed E-state index contributed by atoms with van der Waals surface area (Å²) in [6.45, 7) is 2.80. The minimum Gasteiger partial charge on any atom is -0.496 e. The van der Waals surface area contributed by atoms with E-state index in [4.69, 9.17) is 4.74 Å². The molecular formula is C21H25N3O2. The number of hydrogen-bond acceptors (Lipinski definition) is 4. The normalized spacial score (nSPS) is 17.5. The van der Waals surface area contributed by atoms with E-state index in [-0.39, 0.29) is 5.92 Å². The molecule has 26 heavy (non-hydrogen) atoms. The van der Waals surface area contributed by atoms with Crippen molar-refractivity contribution in [2.24, 2.45) is 5.92 Å². The quantitative estimate of drug-likeness (QED) is 0.738. The third-order valence-electron chi connectivity index (χ3n) is 5.48. The second kappa shape index (κ2) is 7.48. The summed E-state index contributed by atoms with van der Waals surface area (Å²) in [5, 5.41) is 13.0. The first-order valence-electron chi connectivity index (χ1n) is 9.20. The van der Waals surface area contributed by atoms with Crippen molar-refractivity contribution in [2.45, 2.75) is 25.5 Å². The number of nitrogens with one attached hydrogen (secondary N) is 1. The molecule has 0 amide bonds. The molecule has 0 aliphatic carbocycles. The van der Waals surface area contributed by atoms with E-state index in [1.165, 1.54) is 16.3 Å². The van der Waals surface area contributed by atoms with Gasteiger partial charge in [0.15, 0.2) is 0 Å². The zero-order valence-corrected chi connectivity index (χ0v) is 15.1. The number of hydrogen-bond donors (Lipinski definition) is 2. The summed E-state index contributed by atoms with van der Waals surface area (Å²) in [7, 11) is 1.74. The van der Waals surface area contributed by atoms with Crippen LogP contribution in [0, 0.1) is 5.92 Å². The van der Waals surface area contributed by atoms with E-state index in [1.54, 1.807) is 19.5 Å². The van der Waals surface area contributed by atoms with Gasteiger partial charge < -0.3 is 14.8 Å². The molecular weight excluding hydrogens is 326 g/mol. The van der Waals surface area contributed by atoms with Crippen LogP contribution in [0.1, 0.15) is 30.3 Å². The molecule has 1 aromatic heterocycles. The number of aliphatic hydroxyl groups is 1. The molecule has 1 aliphatic rings. The number of H-pyrrole nitrogens is 1. The average molecular weight is 351 g/mol. The van der Waals surface area contributed by atoms with Crippen LogP contribution in [0.4, 0.5) is 0 Å². The first kappa shape index (κ1) is 17.1. The molecule has 136 valence electrons. The Labute approximate surface area is 153 Å². The average Bonchev–Trinajstić information content (AvgIpc) is 3.23. The van der Waals surface area contributed by atoms with E-state index in [9.17, 15) is 5.11 Å². The lowest BCUT2D eigenvalue weighted by molar-refractivity contribution is 0.0514. The van der Waals surface area contributed by atoms with Crippen molar-refractivity contribution >= 4 is 10.8 Å². The van der Waals surface area contributed by atoms with E-state index >= 15 is 0 Å². The molecule has 5 heteroatoms. The Morgan fingerprint density at radius 2 is 2.04 bits per heavy atom. The van der Waals surface area contributed by atoms with Gasteiger partial charge in [0.1, 0.15) is 17.7 Å². The van der Waals surface area contributed by atoms with Gasteiger partial charge in [0, 0.05) is 24.5 Å². The van der Waals surface area contributed by atoms with Gasteiger partial charge in [-0.2, -0.15) is 0 Å². The summed E-state index contributed by atoms with van der Waals surface area (Å²) in [6, 6.07) is 12.6. The summed E-state index contributed by atoms with van der Waals surface area (Å²) in [6.07, 6.45) is 4.89. The number of aromatic nitrogens is 2. The highest BCUT2D eigenvalue weighted by Gasteiger charge is 2.28. The molecule has 0 radical (unpaired) electrons. The smallest absolute Gasteiger partial charge is 0.135 e. The number of nitrogens with zero attached hydrogens (tertiary/aromatic N) is 2. The fourth-order valence-electron chi connectivity index (χ4n) is 3.98. The molecule has 1 fully saturated rings. The number of aliphatic hydroxyl groups excluding tert-OH is 1. The number of rotatable bonds is 5. The maximum absolute atomic E-state index is 10.5. The largest absolute Gasteiger partial charge is 0.496 e. The van der Waals surface area contributed by atoms with Crippen molar-refractivity contribution < 1.29 is 9.84 Å². The van der Waals surface area contributed by atoms with Gasteiger partial charge >= 0.3 is 0 Å². The summed E-state index contributed by atoms with van der Waals surface area (Å²) < 4.78 is 5.62. The molecule has 2 heterocycles. The van der Waals surface area contributed by atoms with Crippen LogP contribution in [0.2, 0.25) is 0 Å². The van der Waals surface area contributed by atoms with Gasteiger partial charge in [-0.15, -0.1) is 0 Å². The van der Waals surface area contributed by atoms with Crippen molar-refractivity contribution in [1.82, 2.24) is 14.9 Å². The Hall–Kier alpha value is -2.37. The topological polar surface area (TPSA) is 61.4 Å². The number of methoxy groups -OCH3 is 1. The lowest BCUT2D eigenvalue weighted by Crippen LogP contribution is -2.35. The SMILES string of the molecule is COc1ccc2ccccc2c1CN1CCC([C@@H](O)c2ncc[nH]2)CC1. The zero-order chi connectivity index (χ0) is 17.9. The Morgan fingerprint density at radius 1 is 1.23 bits per heavy atom. The van der Waals surface area contributed by atoms with Gasteiger partial charge in [-0.25, -0.2) is 4.98 Å². The van der Waals surface area contributed by atoms with Crippen LogP contribution in [0.3, 0.4) is 0 Å². The van der Waals surface area contributed by atoms with Crippen LogP contribution in [-0.2, 0) is 6.54 Å². The van der Waals surface area contributed by atoms with Crippen molar-refractivity contribution in [3.05, 3.63) is 60.2 Å². The molecule has 3 aromatic rings. The molecule has 1 saturated heterocycles. The van der Waals surface area contributed by atoms with E-state index in [2.05, 4.69) is 51.3 Å². The Kier molecular flexibility index (Phi) is 4.91. The summed E-state index contributed by atoms with van der Waals surface area (Å²) in [4.78, 5) is 9.68. The molecule has 0 bridgehead atoms. The first-order valence-corrected chi connectivity index (χ1v) is 9.20. The fourth-order valence-corrected chi connectivity index (χ4v) is 3.98. The number of piperidine rings is 1. The molecule has 0 saturated carbocycles. The number of aromatic amines is 1. The van der Waals surface area contributed by atoms with Crippen LogP contribution in [0.25, 0.3) is 10.8 Å². The second-order valence-electron chi connectivity index (χ2n) is 7.00. The highest BCUT2D eigenvalue weighted by Crippen LogP contribution is 2.33.